The molecule has 2 N–H and O–H groups in total. The van der Waals surface area contributed by atoms with Crippen LogP contribution in [-0.2, 0) is 17.7 Å². The van der Waals surface area contributed by atoms with Crippen LogP contribution in [0, 0.1) is 5.92 Å². The van der Waals surface area contributed by atoms with E-state index in [9.17, 15) is 4.79 Å². The van der Waals surface area contributed by atoms with Gasteiger partial charge in [0.05, 0.1) is 29.5 Å². The molecule has 0 saturated carbocycles. The van der Waals surface area contributed by atoms with Gasteiger partial charge in [0.1, 0.15) is 5.82 Å². The van der Waals surface area contributed by atoms with E-state index in [0.717, 1.165) is 43.3 Å². The van der Waals surface area contributed by atoms with E-state index in [0.29, 0.717) is 11.7 Å². The van der Waals surface area contributed by atoms with Crippen LogP contribution in [0.3, 0.4) is 0 Å². The van der Waals surface area contributed by atoms with E-state index in [1.807, 2.05) is 17.0 Å². The molecule has 1 fully saturated rings. The number of amides is 2. The Kier molecular flexibility index (Phi) is 5.47. The van der Waals surface area contributed by atoms with Crippen LogP contribution in [0.1, 0.15) is 37.0 Å². The van der Waals surface area contributed by atoms with Gasteiger partial charge in [-0.15, -0.1) is 11.3 Å². The summed E-state index contributed by atoms with van der Waals surface area (Å²) in [4.78, 5) is 16.8. The maximum absolute atomic E-state index is 12.2. The van der Waals surface area contributed by atoms with Crippen LogP contribution in [0.25, 0.3) is 0 Å². The van der Waals surface area contributed by atoms with Crippen molar-refractivity contribution >= 4 is 23.2 Å². The van der Waals surface area contributed by atoms with E-state index in [1.54, 1.807) is 23.6 Å². The third kappa shape index (κ3) is 4.12. The normalized spacial score (nSPS) is 18.5. The largest absolute Gasteiger partial charge is 0.381 e. The van der Waals surface area contributed by atoms with E-state index in [1.165, 1.54) is 0 Å². The first-order valence-corrected chi connectivity index (χ1v) is 9.15. The fourth-order valence-corrected chi connectivity index (χ4v) is 3.50. The second kappa shape index (κ2) is 7.76. The Hall–Kier alpha value is -1.93. The lowest BCUT2D eigenvalue weighted by Crippen LogP contribution is -2.32. The van der Waals surface area contributed by atoms with Crippen molar-refractivity contribution in [3.63, 3.8) is 0 Å². The molecule has 0 bridgehead atoms. The van der Waals surface area contributed by atoms with Crippen LogP contribution in [0.5, 0.6) is 0 Å². The first-order valence-electron chi connectivity index (χ1n) is 8.27. The maximum atomic E-state index is 12.2. The molecule has 3 heterocycles. The molecule has 0 spiro atoms. The Morgan fingerprint density at radius 2 is 2.46 bits per heavy atom. The van der Waals surface area contributed by atoms with Gasteiger partial charge < -0.3 is 10.1 Å². The van der Waals surface area contributed by atoms with Gasteiger partial charge in [-0.25, -0.2) is 14.5 Å². The molecule has 0 unspecified atom stereocenters. The molecule has 24 heavy (non-hydrogen) atoms. The number of hydrogen-bond donors (Lipinski definition) is 2. The lowest BCUT2D eigenvalue weighted by molar-refractivity contribution is 0.181. The van der Waals surface area contributed by atoms with Gasteiger partial charge in [0.25, 0.3) is 0 Å². The molecule has 0 aromatic carbocycles. The Morgan fingerprint density at radius 3 is 3.17 bits per heavy atom. The van der Waals surface area contributed by atoms with Crippen LogP contribution < -0.4 is 10.6 Å². The number of ether oxygens (including phenoxy) is 1. The third-order valence-electron chi connectivity index (χ3n) is 4.08. The minimum absolute atomic E-state index is 0.138. The maximum Gasteiger partial charge on any atom is 0.320 e. The number of aromatic nitrogens is 3. The highest BCUT2D eigenvalue weighted by Crippen LogP contribution is 2.19. The predicted molar refractivity (Wildman–Crippen MR) is 93.2 cm³/mol. The zero-order chi connectivity index (χ0) is 16.9. The summed E-state index contributed by atoms with van der Waals surface area (Å²) >= 11 is 1.62. The molecular weight excluding hydrogens is 326 g/mol. The number of nitrogens with zero attached hydrogens (tertiary/aromatic N) is 3. The molecule has 2 aromatic heterocycles. The second-order valence-electron chi connectivity index (χ2n) is 5.97. The van der Waals surface area contributed by atoms with Crippen molar-refractivity contribution in [2.75, 3.05) is 18.5 Å². The van der Waals surface area contributed by atoms with Gasteiger partial charge in [-0.05, 0) is 19.8 Å². The standard InChI is InChI=1S/C16H23N5O2S/c1-3-15-19-13(10-24-15)11(2)18-16(22)20-14-4-6-17-21(14)8-12-5-7-23-9-12/h4,6,10-12H,3,5,7-9H2,1-2H3,(H2,18,20,22)/t11-,12-/m1/s1. The average Bonchev–Trinajstić information content (AvgIpc) is 3.30. The molecule has 1 saturated heterocycles. The topological polar surface area (TPSA) is 81.1 Å². The van der Waals surface area contributed by atoms with E-state index in [-0.39, 0.29) is 12.1 Å². The molecular formula is C16H23N5O2S. The van der Waals surface area contributed by atoms with Gasteiger partial charge in [0.15, 0.2) is 0 Å². The highest BCUT2D eigenvalue weighted by Gasteiger charge is 2.19. The zero-order valence-electron chi connectivity index (χ0n) is 14.0. The van der Waals surface area contributed by atoms with Gasteiger partial charge in [-0.3, -0.25) is 5.32 Å². The van der Waals surface area contributed by atoms with Gasteiger partial charge in [-0.2, -0.15) is 5.10 Å². The summed E-state index contributed by atoms with van der Waals surface area (Å²) in [7, 11) is 0. The van der Waals surface area contributed by atoms with Crippen molar-refractivity contribution in [1.29, 1.82) is 0 Å². The number of urea groups is 1. The summed E-state index contributed by atoms with van der Waals surface area (Å²) < 4.78 is 7.21. The summed E-state index contributed by atoms with van der Waals surface area (Å²) in [6.07, 6.45) is 3.64. The summed E-state index contributed by atoms with van der Waals surface area (Å²) in [6.45, 7) is 6.32. The minimum Gasteiger partial charge on any atom is -0.381 e. The average molecular weight is 349 g/mol. The lowest BCUT2D eigenvalue weighted by atomic mass is 10.1. The van der Waals surface area contributed by atoms with Gasteiger partial charge in [0, 0.05) is 30.5 Å². The first kappa shape index (κ1) is 16.9. The van der Waals surface area contributed by atoms with Crippen molar-refractivity contribution in [1.82, 2.24) is 20.1 Å². The molecule has 2 aromatic rings. The lowest BCUT2D eigenvalue weighted by Gasteiger charge is -2.15. The number of carbonyl (C=O) groups excluding carboxylic acids is 1. The van der Waals surface area contributed by atoms with Crippen molar-refractivity contribution in [3.05, 3.63) is 28.3 Å². The third-order valence-corrected chi connectivity index (χ3v) is 5.09. The SMILES string of the molecule is CCc1nc([C@@H](C)NC(=O)Nc2ccnn2C[C@H]2CCOC2)cs1. The molecule has 0 aliphatic carbocycles. The molecule has 1 aliphatic heterocycles. The fraction of sp³-hybridized carbons (Fsp3) is 0.562. The summed E-state index contributed by atoms with van der Waals surface area (Å²) in [5, 5.41) is 13.2. The summed E-state index contributed by atoms with van der Waals surface area (Å²) in [5.41, 5.74) is 0.892. The molecule has 8 heteroatoms. The van der Waals surface area contributed by atoms with Gasteiger partial charge >= 0.3 is 6.03 Å². The number of thiazole rings is 1. The highest BCUT2D eigenvalue weighted by atomic mass is 32.1. The zero-order valence-corrected chi connectivity index (χ0v) is 14.8. The number of aryl methyl sites for hydroxylation is 1. The minimum atomic E-state index is -0.252. The Bertz CT molecular complexity index is 678. The van der Waals surface area contributed by atoms with Crippen molar-refractivity contribution in [3.8, 4) is 0 Å². The Balaban J connectivity index is 1.55. The van der Waals surface area contributed by atoms with Crippen LogP contribution in [-0.4, -0.2) is 34.0 Å². The summed E-state index contributed by atoms with van der Waals surface area (Å²) in [6, 6.07) is 1.41. The van der Waals surface area contributed by atoms with Crippen LogP contribution in [0.2, 0.25) is 0 Å². The number of anilines is 1. The molecule has 2 amide bonds. The van der Waals surface area contributed by atoms with Crippen molar-refractivity contribution in [2.24, 2.45) is 5.92 Å². The van der Waals surface area contributed by atoms with Gasteiger partial charge in [0.2, 0.25) is 0 Å². The highest BCUT2D eigenvalue weighted by molar-refractivity contribution is 7.09. The monoisotopic (exact) mass is 349 g/mol. The smallest absolute Gasteiger partial charge is 0.320 e. The van der Waals surface area contributed by atoms with Crippen molar-refractivity contribution < 1.29 is 9.53 Å². The van der Waals surface area contributed by atoms with Crippen molar-refractivity contribution in [2.45, 2.75) is 39.3 Å². The molecule has 130 valence electrons. The van der Waals surface area contributed by atoms with Gasteiger partial charge in [-0.1, -0.05) is 6.92 Å². The number of rotatable bonds is 6. The molecule has 0 radical (unpaired) electrons. The van der Waals surface area contributed by atoms with Crippen LogP contribution >= 0.6 is 11.3 Å². The fourth-order valence-electron chi connectivity index (χ4n) is 2.67. The van der Waals surface area contributed by atoms with E-state index in [4.69, 9.17) is 4.74 Å². The quantitative estimate of drug-likeness (QED) is 0.840. The molecule has 7 nitrogen and oxygen atoms in total. The molecule has 3 rings (SSSR count). The first-order chi connectivity index (χ1) is 11.7. The van der Waals surface area contributed by atoms with E-state index in [2.05, 4.69) is 27.6 Å². The molecule has 2 atom stereocenters. The second-order valence-corrected chi connectivity index (χ2v) is 6.91. The Morgan fingerprint density at radius 1 is 1.58 bits per heavy atom. The number of carbonyl (C=O) groups is 1. The van der Waals surface area contributed by atoms with Crippen LogP contribution in [0.4, 0.5) is 10.6 Å². The number of nitrogens with one attached hydrogen (secondary N) is 2. The summed E-state index contributed by atoms with van der Waals surface area (Å²) in [5.74, 6) is 1.15. The molecule has 1 aliphatic rings. The van der Waals surface area contributed by atoms with E-state index >= 15 is 0 Å². The predicted octanol–water partition coefficient (Wildman–Crippen LogP) is 2.82. The van der Waals surface area contributed by atoms with E-state index < -0.39 is 0 Å². The van der Waals surface area contributed by atoms with Crippen LogP contribution in [0.15, 0.2) is 17.6 Å². The Labute approximate surface area is 145 Å². The number of hydrogen-bond acceptors (Lipinski definition) is 5.